The summed E-state index contributed by atoms with van der Waals surface area (Å²) < 4.78 is 0. The zero-order chi connectivity index (χ0) is 8.27. The molecule has 2 N–H and O–H groups in total. The fraction of sp³-hybridized carbons (Fsp3) is 0.600. The van der Waals surface area contributed by atoms with Crippen LogP contribution in [0.4, 0.5) is 0 Å². The van der Waals surface area contributed by atoms with Gasteiger partial charge in [0.25, 0.3) is 0 Å². The van der Waals surface area contributed by atoms with E-state index in [4.69, 9.17) is 5.73 Å². The smallest absolute Gasteiger partial charge is 0.00763 e. The minimum absolute atomic E-state index is 0.398. The number of allylic oxidation sites excluding steroid dienone is 2. The van der Waals surface area contributed by atoms with E-state index >= 15 is 0 Å². The van der Waals surface area contributed by atoms with Gasteiger partial charge in [0.05, 0.1) is 0 Å². The molecule has 1 aliphatic rings. The van der Waals surface area contributed by atoms with E-state index in [0.717, 1.165) is 12.0 Å². The summed E-state index contributed by atoms with van der Waals surface area (Å²) in [5.41, 5.74) is 8.46. The zero-order valence-corrected chi connectivity index (χ0v) is 7.27. The lowest BCUT2D eigenvalue weighted by Gasteiger charge is -2.20. The molecule has 0 saturated heterocycles. The van der Waals surface area contributed by atoms with Crippen molar-refractivity contribution in [3.63, 3.8) is 0 Å². The quantitative estimate of drug-likeness (QED) is 0.612. The standard InChI is InChI=1S/C10H17N/c1-8(2)6-9-4-3-5-10(11)7-9/h6,10H,1,3-5,7,11H2,2H3/b9-6+. The van der Waals surface area contributed by atoms with Crippen LogP contribution in [-0.2, 0) is 0 Å². The lowest BCUT2D eigenvalue weighted by atomic mass is 9.90. The van der Waals surface area contributed by atoms with Crippen molar-refractivity contribution in [2.24, 2.45) is 5.73 Å². The van der Waals surface area contributed by atoms with E-state index in [0.29, 0.717) is 6.04 Å². The molecule has 0 heterocycles. The number of hydrogen-bond donors (Lipinski definition) is 1. The van der Waals surface area contributed by atoms with Crippen LogP contribution in [0.25, 0.3) is 0 Å². The first-order chi connectivity index (χ1) is 5.18. The third kappa shape index (κ3) is 2.89. The minimum atomic E-state index is 0.398. The Bertz CT molecular complexity index is 179. The summed E-state index contributed by atoms with van der Waals surface area (Å²) in [6.07, 6.45) is 6.92. The van der Waals surface area contributed by atoms with E-state index in [1.165, 1.54) is 24.8 Å². The monoisotopic (exact) mass is 151 g/mol. The van der Waals surface area contributed by atoms with Gasteiger partial charge in [-0.25, -0.2) is 0 Å². The van der Waals surface area contributed by atoms with Gasteiger partial charge < -0.3 is 5.73 Å². The Balaban J connectivity index is 2.52. The van der Waals surface area contributed by atoms with E-state index in [2.05, 4.69) is 12.7 Å². The van der Waals surface area contributed by atoms with Crippen LogP contribution in [-0.4, -0.2) is 6.04 Å². The van der Waals surface area contributed by atoms with Gasteiger partial charge in [0.15, 0.2) is 0 Å². The van der Waals surface area contributed by atoms with Crippen molar-refractivity contribution in [1.82, 2.24) is 0 Å². The van der Waals surface area contributed by atoms with Crippen molar-refractivity contribution in [2.75, 3.05) is 0 Å². The van der Waals surface area contributed by atoms with Gasteiger partial charge >= 0.3 is 0 Å². The lowest BCUT2D eigenvalue weighted by Crippen LogP contribution is -2.23. The average molecular weight is 151 g/mol. The number of nitrogens with two attached hydrogens (primary N) is 1. The third-order valence-corrected chi connectivity index (χ3v) is 2.05. The van der Waals surface area contributed by atoms with Crippen LogP contribution in [0, 0.1) is 0 Å². The molecule has 1 nitrogen and oxygen atoms in total. The van der Waals surface area contributed by atoms with Crippen LogP contribution in [0.3, 0.4) is 0 Å². The zero-order valence-electron chi connectivity index (χ0n) is 7.27. The maximum absolute atomic E-state index is 5.83. The van der Waals surface area contributed by atoms with Gasteiger partial charge in [0.2, 0.25) is 0 Å². The Labute approximate surface area is 69.0 Å². The molecule has 1 unspecified atom stereocenters. The highest BCUT2D eigenvalue weighted by Crippen LogP contribution is 2.22. The normalized spacial score (nSPS) is 28.9. The molecule has 0 amide bonds. The average Bonchev–Trinajstić information content (AvgIpc) is 1.85. The topological polar surface area (TPSA) is 26.0 Å². The van der Waals surface area contributed by atoms with Crippen molar-refractivity contribution < 1.29 is 0 Å². The van der Waals surface area contributed by atoms with Gasteiger partial charge in [-0.05, 0) is 32.6 Å². The SMILES string of the molecule is C=C(C)/C=C1\CCCC(N)C1. The fourth-order valence-corrected chi connectivity index (χ4v) is 1.61. The summed E-state index contributed by atoms with van der Waals surface area (Å²) in [6, 6.07) is 0.398. The van der Waals surface area contributed by atoms with Crippen molar-refractivity contribution in [3.8, 4) is 0 Å². The molecule has 1 saturated carbocycles. The van der Waals surface area contributed by atoms with Crippen LogP contribution in [0.1, 0.15) is 32.6 Å². The molecule has 0 aromatic rings. The first kappa shape index (κ1) is 8.54. The molecule has 1 atom stereocenters. The number of rotatable bonds is 1. The first-order valence-corrected chi connectivity index (χ1v) is 4.29. The molecule has 0 aliphatic heterocycles. The lowest BCUT2D eigenvalue weighted by molar-refractivity contribution is 0.517. The molecule has 1 heteroatoms. The molecule has 1 rings (SSSR count). The van der Waals surface area contributed by atoms with Crippen molar-refractivity contribution in [1.29, 1.82) is 0 Å². The van der Waals surface area contributed by atoms with E-state index in [9.17, 15) is 0 Å². The molecule has 0 radical (unpaired) electrons. The highest BCUT2D eigenvalue weighted by molar-refractivity contribution is 5.20. The molecular formula is C10H17N. The predicted octanol–water partition coefficient (Wildman–Crippen LogP) is 2.39. The second-order valence-electron chi connectivity index (χ2n) is 3.51. The molecule has 1 fully saturated rings. The van der Waals surface area contributed by atoms with E-state index < -0.39 is 0 Å². The Morgan fingerprint density at radius 1 is 1.73 bits per heavy atom. The molecule has 1 aliphatic carbocycles. The van der Waals surface area contributed by atoms with Crippen LogP contribution >= 0.6 is 0 Å². The Morgan fingerprint density at radius 2 is 2.45 bits per heavy atom. The van der Waals surface area contributed by atoms with Gasteiger partial charge in [-0.15, -0.1) is 0 Å². The van der Waals surface area contributed by atoms with E-state index in [1.807, 2.05) is 6.92 Å². The summed E-state index contributed by atoms with van der Waals surface area (Å²) in [4.78, 5) is 0. The highest BCUT2D eigenvalue weighted by Gasteiger charge is 2.11. The van der Waals surface area contributed by atoms with Crippen molar-refractivity contribution in [3.05, 3.63) is 23.8 Å². The van der Waals surface area contributed by atoms with Crippen LogP contribution in [0.5, 0.6) is 0 Å². The highest BCUT2D eigenvalue weighted by atomic mass is 14.6. The molecule has 0 spiro atoms. The molecule has 11 heavy (non-hydrogen) atoms. The molecule has 0 bridgehead atoms. The maximum atomic E-state index is 5.83. The van der Waals surface area contributed by atoms with Crippen LogP contribution in [0.2, 0.25) is 0 Å². The largest absolute Gasteiger partial charge is 0.327 e. The van der Waals surface area contributed by atoms with Gasteiger partial charge in [-0.3, -0.25) is 0 Å². The maximum Gasteiger partial charge on any atom is 0.00763 e. The second-order valence-corrected chi connectivity index (χ2v) is 3.51. The predicted molar refractivity (Wildman–Crippen MR) is 49.3 cm³/mol. The Hall–Kier alpha value is -0.560. The summed E-state index contributed by atoms with van der Waals surface area (Å²) in [5, 5.41) is 0. The van der Waals surface area contributed by atoms with Crippen LogP contribution in [0.15, 0.2) is 23.8 Å². The van der Waals surface area contributed by atoms with Crippen LogP contribution < -0.4 is 5.73 Å². The minimum Gasteiger partial charge on any atom is -0.327 e. The van der Waals surface area contributed by atoms with E-state index in [1.54, 1.807) is 0 Å². The molecule has 0 aromatic carbocycles. The summed E-state index contributed by atoms with van der Waals surface area (Å²) in [7, 11) is 0. The third-order valence-electron chi connectivity index (χ3n) is 2.05. The van der Waals surface area contributed by atoms with Gasteiger partial charge in [0, 0.05) is 6.04 Å². The Morgan fingerprint density at radius 3 is 3.00 bits per heavy atom. The first-order valence-electron chi connectivity index (χ1n) is 4.29. The van der Waals surface area contributed by atoms with Gasteiger partial charge in [0.1, 0.15) is 0 Å². The van der Waals surface area contributed by atoms with E-state index in [-0.39, 0.29) is 0 Å². The second kappa shape index (κ2) is 3.72. The summed E-state index contributed by atoms with van der Waals surface area (Å²) in [5.74, 6) is 0. The Kier molecular flexibility index (Phi) is 2.89. The number of hydrogen-bond acceptors (Lipinski definition) is 1. The van der Waals surface area contributed by atoms with Crippen molar-refractivity contribution in [2.45, 2.75) is 38.6 Å². The van der Waals surface area contributed by atoms with Gasteiger partial charge in [-0.1, -0.05) is 23.8 Å². The van der Waals surface area contributed by atoms with Crippen molar-refractivity contribution >= 4 is 0 Å². The molecule has 62 valence electrons. The molecule has 0 aromatic heterocycles. The van der Waals surface area contributed by atoms with Gasteiger partial charge in [-0.2, -0.15) is 0 Å². The fourth-order valence-electron chi connectivity index (χ4n) is 1.61. The molecular weight excluding hydrogens is 134 g/mol. The summed E-state index contributed by atoms with van der Waals surface area (Å²) in [6.45, 7) is 5.89. The summed E-state index contributed by atoms with van der Waals surface area (Å²) >= 11 is 0.